The molecule has 0 aliphatic heterocycles. The van der Waals surface area contributed by atoms with Crippen molar-refractivity contribution >= 4 is 23.7 Å². The van der Waals surface area contributed by atoms with Gasteiger partial charge in [-0.05, 0) is 20.3 Å². The van der Waals surface area contributed by atoms with E-state index in [0.717, 1.165) is 25.7 Å². The molecule has 0 saturated carbocycles. The van der Waals surface area contributed by atoms with E-state index in [2.05, 4.69) is 22.1 Å². The van der Waals surface area contributed by atoms with Gasteiger partial charge in [-0.2, -0.15) is 5.10 Å². The number of unbranched alkanes of at least 4 members (excludes halogenated alkanes) is 3. The van der Waals surface area contributed by atoms with Crippen LogP contribution in [0.2, 0.25) is 0 Å². The molecular weight excluding hydrogens is 306 g/mol. The normalized spacial score (nSPS) is 13.4. The van der Waals surface area contributed by atoms with Crippen molar-refractivity contribution in [1.29, 1.82) is 0 Å². The van der Waals surface area contributed by atoms with Gasteiger partial charge in [0.2, 0.25) is 0 Å². The molecule has 0 amide bonds. The Bertz CT molecular complexity index is 453. The Labute approximate surface area is 134 Å². The summed E-state index contributed by atoms with van der Waals surface area (Å²) >= 11 is 1.18. The number of ether oxygens (including phenoxy) is 2. The van der Waals surface area contributed by atoms with Gasteiger partial charge < -0.3 is 9.47 Å². The lowest BCUT2D eigenvalue weighted by molar-refractivity contribution is -0.166. The molecule has 22 heavy (non-hydrogen) atoms. The van der Waals surface area contributed by atoms with Crippen LogP contribution in [-0.2, 0) is 19.1 Å². The lowest BCUT2D eigenvalue weighted by atomic mass is 10.2. The maximum Gasteiger partial charge on any atom is 0.347 e. The number of carbonyl (C=O) groups is 2. The highest BCUT2D eigenvalue weighted by Gasteiger charge is 2.24. The minimum Gasteiger partial charge on any atom is -0.463 e. The fourth-order valence-corrected chi connectivity index (χ4v) is 2.30. The van der Waals surface area contributed by atoms with Crippen molar-refractivity contribution in [2.45, 2.75) is 63.0 Å². The highest BCUT2D eigenvalue weighted by Crippen LogP contribution is 2.19. The summed E-state index contributed by atoms with van der Waals surface area (Å²) in [7, 11) is 0. The number of hydrogen-bond acceptors (Lipinski definition) is 7. The Morgan fingerprint density at radius 1 is 1.27 bits per heavy atom. The number of nitrogens with zero attached hydrogens (tertiary/aromatic N) is 2. The Hall–Kier alpha value is -1.57. The molecule has 1 rings (SSSR count). The third-order valence-corrected chi connectivity index (χ3v) is 3.85. The minimum absolute atomic E-state index is 0.364. The van der Waals surface area contributed by atoms with Gasteiger partial charge in [0, 0.05) is 0 Å². The van der Waals surface area contributed by atoms with Crippen LogP contribution >= 0.6 is 11.8 Å². The molecule has 124 valence electrons. The molecule has 1 aromatic heterocycles. The highest BCUT2D eigenvalue weighted by molar-refractivity contribution is 8.00. The van der Waals surface area contributed by atoms with Crippen molar-refractivity contribution in [3.63, 3.8) is 0 Å². The first-order valence-electron chi connectivity index (χ1n) is 7.43. The summed E-state index contributed by atoms with van der Waals surface area (Å²) in [4.78, 5) is 27.5. The molecule has 7 nitrogen and oxygen atoms in total. The monoisotopic (exact) mass is 329 g/mol. The second kappa shape index (κ2) is 10.2. The van der Waals surface area contributed by atoms with Crippen molar-refractivity contribution in [1.82, 2.24) is 15.2 Å². The molecule has 1 heterocycles. The maximum absolute atomic E-state index is 11.9. The first kappa shape index (κ1) is 18.5. The number of hydrogen-bond donors (Lipinski definition) is 1. The SMILES string of the molecule is CCCCCCOC(=O)C(C)OC(=O)C(C)Sc1ncn[nH]1. The van der Waals surface area contributed by atoms with E-state index in [-0.39, 0.29) is 0 Å². The molecule has 2 unspecified atom stereocenters. The van der Waals surface area contributed by atoms with Crippen molar-refractivity contribution in [3.8, 4) is 0 Å². The fraction of sp³-hybridized carbons (Fsp3) is 0.714. The standard InChI is InChI=1S/C14H23N3O4S/c1-4-5-6-7-8-20-12(18)10(2)21-13(19)11(3)22-14-15-9-16-17-14/h9-11H,4-8H2,1-3H3,(H,15,16,17). The summed E-state index contributed by atoms with van der Waals surface area (Å²) in [6.07, 6.45) is 4.57. The highest BCUT2D eigenvalue weighted by atomic mass is 32.2. The molecule has 8 heteroatoms. The van der Waals surface area contributed by atoms with Crippen molar-refractivity contribution < 1.29 is 19.1 Å². The molecule has 0 spiro atoms. The second-order valence-corrected chi connectivity index (χ2v) is 6.19. The van der Waals surface area contributed by atoms with E-state index in [1.54, 1.807) is 6.92 Å². The van der Waals surface area contributed by atoms with Gasteiger partial charge >= 0.3 is 11.9 Å². The number of aromatic amines is 1. The van der Waals surface area contributed by atoms with Gasteiger partial charge in [0.1, 0.15) is 11.6 Å². The number of aromatic nitrogens is 3. The van der Waals surface area contributed by atoms with Crippen LogP contribution in [-0.4, -0.2) is 45.1 Å². The predicted molar refractivity (Wildman–Crippen MR) is 82.4 cm³/mol. The van der Waals surface area contributed by atoms with Crippen LogP contribution < -0.4 is 0 Å². The van der Waals surface area contributed by atoms with E-state index in [1.807, 2.05) is 0 Å². The van der Waals surface area contributed by atoms with E-state index < -0.39 is 23.3 Å². The molecule has 0 saturated heterocycles. The molecule has 0 aliphatic rings. The molecular formula is C14H23N3O4S. The van der Waals surface area contributed by atoms with Crippen LogP contribution in [0.4, 0.5) is 0 Å². The quantitative estimate of drug-likeness (QED) is 0.400. The Kier molecular flexibility index (Phi) is 8.57. The van der Waals surface area contributed by atoms with E-state index in [9.17, 15) is 9.59 Å². The number of esters is 2. The zero-order valence-electron chi connectivity index (χ0n) is 13.2. The predicted octanol–water partition coefficient (Wildman–Crippen LogP) is 2.34. The zero-order valence-corrected chi connectivity index (χ0v) is 14.0. The first-order chi connectivity index (χ1) is 10.5. The molecule has 1 aromatic rings. The number of nitrogens with one attached hydrogen (secondary N) is 1. The molecule has 0 aromatic carbocycles. The second-order valence-electron chi connectivity index (χ2n) is 4.86. The topological polar surface area (TPSA) is 94.2 Å². The number of rotatable bonds is 10. The summed E-state index contributed by atoms with van der Waals surface area (Å²) in [5.41, 5.74) is 0. The zero-order chi connectivity index (χ0) is 16.4. The van der Waals surface area contributed by atoms with Gasteiger partial charge in [0.15, 0.2) is 11.3 Å². The summed E-state index contributed by atoms with van der Waals surface area (Å²) in [6, 6.07) is 0. The van der Waals surface area contributed by atoms with Crippen molar-refractivity contribution in [2.75, 3.05) is 6.61 Å². The Morgan fingerprint density at radius 3 is 2.68 bits per heavy atom. The van der Waals surface area contributed by atoms with Crippen molar-refractivity contribution in [2.24, 2.45) is 0 Å². The van der Waals surface area contributed by atoms with Crippen LogP contribution in [0.25, 0.3) is 0 Å². The molecule has 0 aliphatic carbocycles. The summed E-state index contributed by atoms with van der Waals surface area (Å²) in [6.45, 7) is 5.67. The molecule has 1 N–H and O–H groups in total. The lowest BCUT2D eigenvalue weighted by Crippen LogP contribution is -2.30. The minimum atomic E-state index is -0.906. The van der Waals surface area contributed by atoms with E-state index in [1.165, 1.54) is 25.0 Å². The van der Waals surface area contributed by atoms with Gasteiger partial charge in [0.25, 0.3) is 0 Å². The van der Waals surface area contributed by atoms with Gasteiger partial charge in [-0.25, -0.2) is 9.78 Å². The van der Waals surface area contributed by atoms with Crippen molar-refractivity contribution in [3.05, 3.63) is 6.33 Å². The fourth-order valence-electron chi connectivity index (χ4n) is 1.60. The smallest absolute Gasteiger partial charge is 0.347 e. The average molecular weight is 329 g/mol. The van der Waals surface area contributed by atoms with E-state index in [4.69, 9.17) is 9.47 Å². The largest absolute Gasteiger partial charge is 0.463 e. The third kappa shape index (κ3) is 6.93. The number of carbonyl (C=O) groups excluding carboxylic acids is 2. The van der Waals surface area contributed by atoms with E-state index in [0.29, 0.717) is 11.8 Å². The van der Waals surface area contributed by atoms with Gasteiger partial charge in [-0.1, -0.05) is 37.9 Å². The van der Waals surface area contributed by atoms with Gasteiger partial charge in [0.05, 0.1) is 6.61 Å². The van der Waals surface area contributed by atoms with Crippen LogP contribution in [0.1, 0.15) is 46.5 Å². The van der Waals surface area contributed by atoms with Crippen LogP contribution in [0.3, 0.4) is 0 Å². The number of thioether (sulfide) groups is 1. The average Bonchev–Trinajstić information content (AvgIpc) is 2.99. The maximum atomic E-state index is 11.9. The first-order valence-corrected chi connectivity index (χ1v) is 8.31. The molecule has 0 radical (unpaired) electrons. The van der Waals surface area contributed by atoms with Crippen LogP contribution in [0.15, 0.2) is 11.5 Å². The van der Waals surface area contributed by atoms with E-state index >= 15 is 0 Å². The van der Waals surface area contributed by atoms with Gasteiger partial charge in [-0.3, -0.25) is 9.89 Å². The van der Waals surface area contributed by atoms with Crippen LogP contribution in [0, 0.1) is 0 Å². The number of H-pyrrole nitrogens is 1. The molecule has 2 atom stereocenters. The summed E-state index contributed by atoms with van der Waals surface area (Å²) in [5, 5.41) is 6.37. The third-order valence-electron chi connectivity index (χ3n) is 2.88. The summed E-state index contributed by atoms with van der Waals surface area (Å²) in [5.74, 6) is -1.00. The van der Waals surface area contributed by atoms with Gasteiger partial charge in [-0.15, -0.1) is 0 Å². The summed E-state index contributed by atoms with van der Waals surface area (Å²) < 4.78 is 10.2. The van der Waals surface area contributed by atoms with Crippen LogP contribution in [0.5, 0.6) is 0 Å². The Morgan fingerprint density at radius 2 is 2.05 bits per heavy atom. The molecule has 0 fully saturated rings. The lowest BCUT2D eigenvalue weighted by Gasteiger charge is -2.15. The molecule has 0 bridgehead atoms. The Balaban J connectivity index is 2.25.